The molecule has 0 amide bonds. The van der Waals surface area contributed by atoms with E-state index in [1.165, 1.54) is 62.5 Å². The van der Waals surface area contributed by atoms with Gasteiger partial charge in [-0.3, -0.25) is 0 Å². The van der Waals surface area contributed by atoms with Crippen LogP contribution >= 0.6 is 0 Å². The van der Waals surface area contributed by atoms with E-state index in [2.05, 4.69) is 13.2 Å². The Balaban J connectivity index is 2.04. The summed E-state index contributed by atoms with van der Waals surface area (Å²) in [5.74, 6) is 1.58. The largest absolute Gasteiger partial charge is 0.0996 e. The molecular formula is C14H22. The van der Waals surface area contributed by atoms with Gasteiger partial charge in [-0.05, 0) is 50.4 Å². The highest BCUT2D eigenvalue weighted by Gasteiger charge is 2.29. The first-order valence-electron chi connectivity index (χ1n) is 6.14. The Kier molecular flexibility index (Phi) is 3.10. The van der Waals surface area contributed by atoms with Crippen molar-refractivity contribution in [3.8, 4) is 0 Å². The molecule has 2 rings (SSSR count). The van der Waals surface area contributed by atoms with Gasteiger partial charge in [-0.1, -0.05) is 37.1 Å². The lowest BCUT2D eigenvalue weighted by Gasteiger charge is -2.36. The van der Waals surface area contributed by atoms with Crippen LogP contribution in [0.2, 0.25) is 0 Å². The van der Waals surface area contributed by atoms with Gasteiger partial charge in [-0.2, -0.15) is 0 Å². The van der Waals surface area contributed by atoms with Crippen LogP contribution in [0.5, 0.6) is 0 Å². The molecule has 2 saturated carbocycles. The molecule has 78 valence electrons. The van der Waals surface area contributed by atoms with Gasteiger partial charge in [0.2, 0.25) is 0 Å². The third-order valence-corrected chi connectivity index (χ3v) is 4.06. The van der Waals surface area contributed by atoms with Crippen molar-refractivity contribution in [1.82, 2.24) is 0 Å². The van der Waals surface area contributed by atoms with Crippen molar-refractivity contribution in [3.63, 3.8) is 0 Å². The van der Waals surface area contributed by atoms with Crippen LogP contribution < -0.4 is 0 Å². The van der Waals surface area contributed by atoms with Gasteiger partial charge in [-0.15, -0.1) is 0 Å². The summed E-state index contributed by atoms with van der Waals surface area (Å²) in [5, 5.41) is 0. The fourth-order valence-electron chi connectivity index (χ4n) is 3.18. The van der Waals surface area contributed by atoms with E-state index in [-0.39, 0.29) is 0 Å². The van der Waals surface area contributed by atoms with Crippen LogP contribution in [0.25, 0.3) is 0 Å². The van der Waals surface area contributed by atoms with Crippen LogP contribution in [0.3, 0.4) is 0 Å². The van der Waals surface area contributed by atoms with Gasteiger partial charge in [0.15, 0.2) is 0 Å². The lowest BCUT2D eigenvalue weighted by Crippen LogP contribution is -2.23. The molecule has 2 aliphatic rings. The fraction of sp³-hybridized carbons (Fsp3) is 0.714. The SMILES string of the molecule is C=C1CCCC[C@H]1[C@H]1CCCCC1=C. The topological polar surface area (TPSA) is 0 Å². The van der Waals surface area contributed by atoms with Gasteiger partial charge >= 0.3 is 0 Å². The zero-order valence-corrected chi connectivity index (χ0v) is 9.23. The van der Waals surface area contributed by atoms with E-state index in [0.717, 1.165) is 11.8 Å². The van der Waals surface area contributed by atoms with Gasteiger partial charge in [-0.25, -0.2) is 0 Å². The first-order valence-corrected chi connectivity index (χ1v) is 6.14. The molecule has 0 aromatic carbocycles. The summed E-state index contributed by atoms with van der Waals surface area (Å²) in [4.78, 5) is 0. The molecule has 0 aliphatic heterocycles. The average molecular weight is 190 g/mol. The van der Waals surface area contributed by atoms with Gasteiger partial charge in [0.05, 0.1) is 0 Å². The number of hydrogen-bond donors (Lipinski definition) is 0. The maximum Gasteiger partial charge on any atom is -0.0140 e. The molecule has 0 heterocycles. The summed E-state index contributed by atoms with van der Waals surface area (Å²) >= 11 is 0. The molecule has 0 saturated heterocycles. The Bertz CT molecular complexity index is 210. The van der Waals surface area contributed by atoms with Crippen molar-refractivity contribution in [2.75, 3.05) is 0 Å². The third-order valence-electron chi connectivity index (χ3n) is 4.06. The Hall–Kier alpha value is -0.520. The molecule has 0 aromatic heterocycles. The second-order valence-corrected chi connectivity index (χ2v) is 5.02. The molecule has 0 aromatic rings. The summed E-state index contributed by atoms with van der Waals surface area (Å²) in [6.07, 6.45) is 10.9. The quantitative estimate of drug-likeness (QED) is 0.535. The molecule has 0 heteroatoms. The lowest BCUT2D eigenvalue weighted by molar-refractivity contribution is 0.304. The minimum absolute atomic E-state index is 0.788. The van der Waals surface area contributed by atoms with Crippen LogP contribution in [-0.2, 0) is 0 Å². The second-order valence-electron chi connectivity index (χ2n) is 5.02. The van der Waals surface area contributed by atoms with E-state index in [9.17, 15) is 0 Å². The van der Waals surface area contributed by atoms with E-state index in [1.807, 2.05) is 0 Å². The predicted molar refractivity (Wildman–Crippen MR) is 62.2 cm³/mol. The zero-order chi connectivity index (χ0) is 9.97. The Morgan fingerprint density at radius 3 is 1.50 bits per heavy atom. The Labute approximate surface area is 88.1 Å². The van der Waals surface area contributed by atoms with Crippen molar-refractivity contribution in [2.45, 2.75) is 51.4 Å². The van der Waals surface area contributed by atoms with Crippen molar-refractivity contribution in [2.24, 2.45) is 11.8 Å². The molecule has 2 fully saturated rings. The molecule has 0 radical (unpaired) electrons. The molecule has 14 heavy (non-hydrogen) atoms. The summed E-state index contributed by atoms with van der Waals surface area (Å²) in [6.45, 7) is 8.53. The highest BCUT2D eigenvalue weighted by molar-refractivity contribution is 5.15. The summed E-state index contributed by atoms with van der Waals surface area (Å²) in [6, 6.07) is 0. The third kappa shape index (κ3) is 1.94. The van der Waals surface area contributed by atoms with Gasteiger partial charge < -0.3 is 0 Å². The van der Waals surface area contributed by atoms with Gasteiger partial charge in [0, 0.05) is 0 Å². The molecule has 0 spiro atoms. The second kappa shape index (κ2) is 4.33. The monoisotopic (exact) mass is 190 g/mol. The van der Waals surface area contributed by atoms with Crippen LogP contribution in [0.1, 0.15) is 51.4 Å². The van der Waals surface area contributed by atoms with Crippen LogP contribution in [-0.4, -0.2) is 0 Å². The van der Waals surface area contributed by atoms with E-state index >= 15 is 0 Å². The average Bonchev–Trinajstić information content (AvgIpc) is 2.20. The molecule has 0 unspecified atom stereocenters. The Morgan fingerprint density at radius 1 is 0.714 bits per heavy atom. The van der Waals surface area contributed by atoms with Crippen molar-refractivity contribution in [1.29, 1.82) is 0 Å². The molecule has 0 nitrogen and oxygen atoms in total. The zero-order valence-electron chi connectivity index (χ0n) is 9.23. The van der Waals surface area contributed by atoms with Gasteiger partial charge in [0.25, 0.3) is 0 Å². The first-order chi connectivity index (χ1) is 6.79. The number of rotatable bonds is 1. The number of hydrogen-bond acceptors (Lipinski definition) is 0. The van der Waals surface area contributed by atoms with Gasteiger partial charge in [0.1, 0.15) is 0 Å². The first kappa shape index (κ1) is 10.0. The highest BCUT2D eigenvalue weighted by Crippen LogP contribution is 2.42. The smallest absolute Gasteiger partial charge is 0.0140 e. The predicted octanol–water partition coefficient (Wildman–Crippen LogP) is 4.48. The van der Waals surface area contributed by atoms with Crippen molar-refractivity contribution in [3.05, 3.63) is 24.3 Å². The Morgan fingerprint density at radius 2 is 1.14 bits per heavy atom. The molecule has 0 bridgehead atoms. The van der Waals surface area contributed by atoms with Crippen LogP contribution in [0.4, 0.5) is 0 Å². The van der Waals surface area contributed by atoms with E-state index in [0.29, 0.717) is 0 Å². The summed E-state index contributed by atoms with van der Waals surface area (Å²) in [5.41, 5.74) is 3.04. The summed E-state index contributed by atoms with van der Waals surface area (Å²) < 4.78 is 0. The standard InChI is InChI=1S/C14H22/c1-11-7-3-5-9-13(11)14-10-6-4-8-12(14)2/h13-14H,1-10H2/t13-,14+. The maximum absolute atomic E-state index is 4.26. The van der Waals surface area contributed by atoms with Crippen LogP contribution in [0, 0.1) is 11.8 Å². The van der Waals surface area contributed by atoms with E-state index in [1.54, 1.807) is 0 Å². The molecule has 2 aliphatic carbocycles. The normalized spacial score (nSPS) is 34.6. The fourth-order valence-corrected chi connectivity index (χ4v) is 3.18. The van der Waals surface area contributed by atoms with E-state index < -0.39 is 0 Å². The van der Waals surface area contributed by atoms with Crippen molar-refractivity contribution < 1.29 is 0 Å². The number of allylic oxidation sites excluding steroid dienone is 2. The highest BCUT2D eigenvalue weighted by atomic mass is 14.3. The maximum atomic E-state index is 4.26. The van der Waals surface area contributed by atoms with E-state index in [4.69, 9.17) is 0 Å². The molecular weight excluding hydrogens is 168 g/mol. The molecule has 0 N–H and O–H groups in total. The summed E-state index contributed by atoms with van der Waals surface area (Å²) in [7, 11) is 0. The minimum Gasteiger partial charge on any atom is -0.0996 e. The van der Waals surface area contributed by atoms with Crippen LogP contribution in [0.15, 0.2) is 24.3 Å². The van der Waals surface area contributed by atoms with Crippen molar-refractivity contribution >= 4 is 0 Å². The minimum atomic E-state index is 0.788. The molecule has 2 atom stereocenters. The lowest BCUT2D eigenvalue weighted by atomic mass is 9.69.